The highest BCUT2D eigenvalue weighted by molar-refractivity contribution is 9.10. The summed E-state index contributed by atoms with van der Waals surface area (Å²) in [7, 11) is 0. The molecule has 1 aliphatic rings. The summed E-state index contributed by atoms with van der Waals surface area (Å²) >= 11 is 3.71. The fourth-order valence-corrected chi connectivity index (χ4v) is 5.17. The molecule has 0 nitrogen and oxygen atoms in total. The molecule has 0 saturated heterocycles. The van der Waals surface area contributed by atoms with Gasteiger partial charge in [0.1, 0.15) is 0 Å². The van der Waals surface area contributed by atoms with Gasteiger partial charge in [0.05, 0.1) is 0 Å². The van der Waals surface area contributed by atoms with Gasteiger partial charge in [-0.2, -0.15) is 0 Å². The quantitative estimate of drug-likeness (QED) is 0.400. The van der Waals surface area contributed by atoms with Crippen molar-refractivity contribution in [3.63, 3.8) is 0 Å². The Labute approximate surface area is 168 Å². The van der Waals surface area contributed by atoms with Gasteiger partial charge in [0, 0.05) is 9.89 Å². The van der Waals surface area contributed by atoms with Crippen molar-refractivity contribution < 1.29 is 0 Å². The maximum absolute atomic E-state index is 3.71. The molecule has 2 aromatic rings. The van der Waals surface area contributed by atoms with E-state index in [-0.39, 0.29) is 10.8 Å². The molecule has 0 radical (unpaired) electrons. The molecule has 0 aliphatic heterocycles. The minimum atomic E-state index is 0.115. The lowest BCUT2D eigenvalue weighted by atomic mass is 9.53. The summed E-state index contributed by atoms with van der Waals surface area (Å²) in [6.45, 7) is 9.69. The SMILES string of the molecule is CCCCCCCCC1(C)c2ccccc2-c2ccc(Br)cc2C1(C)C. The molecule has 1 heteroatoms. The van der Waals surface area contributed by atoms with Gasteiger partial charge in [-0.05, 0) is 46.2 Å². The molecule has 0 N–H and O–H groups in total. The first-order valence-corrected chi connectivity index (χ1v) is 11.1. The topological polar surface area (TPSA) is 0 Å². The van der Waals surface area contributed by atoms with Crippen molar-refractivity contribution in [2.24, 2.45) is 0 Å². The third-order valence-electron chi connectivity index (χ3n) is 6.88. The monoisotopic (exact) mass is 412 g/mol. The summed E-state index contributed by atoms with van der Waals surface area (Å²) < 4.78 is 1.19. The Balaban J connectivity index is 1.94. The van der Waals surface area contributed by atoms with Crippen LogP contribution in [-0.4, -0.2) is 0 Å². The highest BCUT2D eigenvalue weighted by atomic mass is 79.9. The van der Waals surface area contributed by atoms with Gasteiger partial charge in [0.25, 0.3) is 0 Å². The minimum Gasteiger partial charge on any atom is -0.0654 e. The van der Waals surface area contributed by atoms with Crippen LogP contribution in [0.2, 0.25) is 0 Å². The fourth-order valence-electron chi connectivity index (χ4n) is 4.81. The molecular weight excluding hydrogens is 380 g/mol. The van der Waals surface area contributed by atoms with Crippen LogP contribution in [0.25, 0.3) is 11.1 Å². The van der Waals surface area contributed by atoms with Gasteiger partial charge in [0.15, 0.2) is 0 Å². The molecule has 1 unspecified atom stereocenters. The van der Waals surface area contributed by atoms with Gasteiger partial charge < -0.3 is 0 Å². The molecule has 0 fully saturated rings. The molecule has 26 heavy (non-hydrogen) atoms. The van der Waals surface area contributed by atoms with E-state index in [1.54, 1.807) is 0 Å². The largest absolute Gasteiger partial charge is 0.0654 e. The van der Waals surface area contributed by atoms with E-state index < -0.39 is 0 Å². The number of halogens is 1. The summed E-state index contributed by atoms with van der Waals surface area (Å²) in [5.74, 6) is 0. The first-order chi connectivity index (χ1) is 12.4. The van der Waals surface area contributed by atoms with Crippen LogP contribution in [-0.2, 0) is 10.8 Å². The summed E-state index contributed by atoms with van der Waals surface area (Å²) in [6.07, 6.45) is 9.42. The van der Waals surface area contributed by atoms with Crippen LogP contribution in [0.1, 0.15) is 83.8 Å². The Hall–Kier alpha value is -1.08. The zero-order valence-corrected chi connectivity index (χ0v) is 18.5. The average molecular weight is 413 g/mol. The molecule has 3 rings (SSSR count). The van der Waals surface area contributed by atoms with Crippen molar-refractivity contribution in [3.05, 3.63) is 58.1 Å². The summed E-state index contributed by atoms with van der Waals surface area (Å²) in [5.41, 5.74) is 6.15. The molecule has 2 aromatic carbocycles. The number of benzene rings is 2. The molecule has 0 spiro atoms. The summed E-state index contributed by atoms with van der Waals surface area (Å²) in [5, 5.41) is 0. The summed E-state index contributed by atoms with van der Waals surface area (Å²) in [4.78, 5) is 0. The van der Waals surface area contributed by atoms with Crippen molar-refractivity contribution in [2.45, 2.75) is 83.5 Å². The average Bonchev–Trinajstić information content (AvgIpc) is 2.63. The van der Waals surface area contributed by atoms with Crippen molar-refractivity contribution in [3.8, 4) is 11.1 Å². The predicted molar refractivity (Wildman–Crippen MR) is 118 cm³/mol. The van der Waals surface area contributed by atoms with Crippen LogP contribution < -0.4 is 0 Å². The lowest BCUT2D eigenvalue weighted by Crippen LogP contribution is -2.45. The third-order valence-corrected chi connectivity index (χ3v) is 7.37. The molecule has 0 aromatic heterocycles. The predicted octanol–water partition coefficient (Wildman–Crippen LogP) is 8.42. The Kier molecular flexibility index (Phi) is 5.97. The number of fused-ring (bicyclic) bond motifs is 3. The number of rotatable bonds is 7. The number of hydrogen-bond donors (Lipinski definition) is 0. The second-order valence-electron chi connectivity index (χ2n) is 8.71. The van der Waals surface area contributed by atoms with E-state index in [0.717, 1.165) is 0 Å². The van der Waals surface area contributed by atoms with Crippen LogP contribution in [0.15, 0.2) is 46.9 Å². The van der Waals surface area contributed by atoms with Crippen LogP contribution in [0.4, 0.5) is 0 Å². The second-order valence-corrected chi connectivity index (χ2v) is 9.63. The van der Waals surface area contributed by atoms with Gasteiger partial charge in [-0.1, -0.05) is 112 Å². The van der Waals surface area contributed by atoms with E-state index in [0.29, 0.717) is 0 Å². The van der Waals surface area contributed by atoms with E-state index in [1.165, 1.54) is 71.7 Å². The number of unbranched alkanes of at least 4 members (excludes halogenated alkanes) is 5. The Morgan fingerprint density at radius 1 is 0.769 bits per heavy atom. The zero-order chi connectivity index (χ0) is 18.8. The van der Waals surface area contributed by atoms with Gasteiger partial charge in [-0.25, -0.2) is 0 Å². The fraction of sp³-hybridized carbons (Fsp3) is 0.520. The van der Waals surface area contributed by atoms with Gasteiger partial charge in [-0.3, -0.25) is 0 Å². The first kappa shape index (κ1) is 19.7. The molecule has 0 amide bonds. The van der Waals surface area contributed by atoms with Crippen molar-refractivity contribution >= 4 is 15.9 Å². The highest BCUT2D eigenvalue weighted by Crippen LogP contribution is 2.56. The van der Waals surface area contributed by atoms with E-state index in [1.807, 2.05) is 0 Å². The lowest BCUT2D eigenvalue weighted by molar-refractivity contribution is 0.245. The molecule has 1 aliphatic carbocycles. The Bertz CT molecular complexity index is 758. The van der Waals surface area contributed by atoms with Crippen molar-refractivity contribution in [2.75, 3.05) is 0 Å². The molecule has 0 saturated carbocycles. The van der Waals surface area contributed by atoms with Crippen LogP contribution in [0.3, 0.4) is 0 Å². The molecule has 1 atom stereocenters. The van der Waals surface area contributed by atoms with Crippen LogP contribution in [0.5, 0.6) is 0 Å². The Morgan fingerprint density at radius 3 is 2.19 bits per heavy atom. The first-order valence-electron chi connectivity index (χ1n) is 10.3. The van der Waals surface area contributed by atoms with E-state index in [9.17, 15) is 0 Å². The summed E-state index contributed by atoms with van der Waals surface area (Å²) in [6, 6.07) is 15.9. The molecule has 140 valence electrons. The highest BCUT2D eigenvalue weighted by Gasteiger charge is 2.48. The smallest absolute Gasteiger partial charge is 0.0178 e. The normalized spacial score (nSPS) is 20.5. The maximum atomic E-state index is 3.71. The number of hydrogen-bond acceptors (Lipinski definition) is 0. The maximum Gasteiger partial charge on any atom is 0.0178 e. The van der Waals surface area contributed by atoms with E-state index in [2.05, 4.69) is 86.1 Å². The molecular formula is C25H33Br. The van der Waals surface area contributed by atoms with Gasteiger partial charge >= 0.3 is 0 Å². The standard InChI is InChI=1S/C25H33Br/c1-5-6-7-8-9-12-17-25(4)22-14-11-10-13-20(22)21-16-15-19(26)18-23(21)24(25,2)3/h10-11,13-16,18H,5-9,12,17H2,1-4H3. The zero-order valence-electron chi connectivity index (χ0n) is 16.9. The van der Waals surface area contributed by atoms with E-state index in [4.69, 9.17) is 0 Å². The van der Waals surface area contributed by atoms with Gasteiger partial charge in [0.2, 0.25) is 0 Å². The van der Waals surface area contributed by atoms with Crippen molar-refractivity contribution in [1.82, 2.24) is 0 Å². The lowest BCUT2D eigenvalue weighted by Gasteiger charge is -2.50. The second kappa shape index (κ2) is 7.89. The molecule has 0 heterocycles. The minimum absolute atomic E-state index is 0.115. The van der Waals surface area contributed by atoms with E-state index >= 15 is 0 Å². The van der Waals surface area contributed by atoms with Crippen LogP contribution in [0, 0.1) is 0 Å². The molecule has 0 bridgehead atoms. The van der Waals surface area contributed by atoms with Gasteiger partial charge in [-0.15, -0.1) is 0 Å². The third kappa shape index (κ3) is 3.40. The van der Waals surface area contributed by atoms with Crippen molar-refractivity contribution in [1.29, 1.82) is 0 Å². The van der Waals surface area contributed by atoms with Crippen LogP contribution >= 0.6 is 15.9 Å². The Morgan fingerprint density at radius 2 is 1.42 bits per heavy atom.